The highest BCUT2D eigenvalue weighted by Crippen LogP contribution is 2.60. The number of benzene rings is 1. The molecule has 1 aromatic carbocycles. The van der Waals surface area contributed by atoms with Crippen molar-refractivity contribution in [3.8, 4) is 0 Å². The molecule has 3 fully saturated rings. The number of likely N-dealkylation sites (tertiary alicyclic amines) is 1. The molecular formula is C20H19Br2N3O7. The van der Waals surface area contributed by atoms with Crippen LogP contribution in [0.5, 0.6) is 0 Å². The lowest BCUT2D eigenvalue weighted by molar-refractivity contribution is -0.385. The first-order valence-corrected chi connectivity index (χ1v) is 11.8. The molecule has 1 saturated heterocycles. The Morgan fingerprint density at radius 3 is 2.34 bits per heavy atom. The molecule has 0 spiro atoms. The zero-order valence-corrected chi connectivity index (χ0v) is 20.0. The van der Waals surface area contributed by atoms with Crippen LogP contribution < -0.4 is 5.32 Å². The van der Waals surface area contributed by atoms with Gasteiger partial charge in [0.1, 0.15) is 6.54 Å². The Kier molecular flexibility index (Phi) is 6.10. The average molecular weight is 573 g/mol. The van der Waals surface area contributed by atoms with Crippen molar-refractivity contribution in [1.82, 2.24) is 4.90 Å². The number of carbonyl (C=O) groups is 4. The summed E-state index contributed by atoms with van der Waals surface area (Å²) in [6.07, 6.45) is 0.786. The molecule has 1 aromatic rings. The van der Waals surface area contributed by atoms with Crippen LogP contribution in [0.3, 0.4) is 0 Å². The monoisotopic (exact) mass is 571 g/mol. The molecule has 12 heteroatoms. The van der Waals surface area contributed by atoms with E-state index in [1.54, 1.807) is 6.92 Å². The average Bonchev–Trinajstić information content (AvgIpc) is 3.34. The van der Waals surface area contributed by atoms with Crippen molar-refractivity contribution in [3.63, 3.8) is 0 Å². The number of nitrogens with one attached hydrogen (secondary N) is 1. The van der Waals surface area contributed by atoms with Crippen LogP contribution in [0.2, 0.25) is 0 Å². The molecule has 2 bridgehead atoms. The third-order valence-corrected chi connectivity index (χ3v) is 9.63. The van der Waals surface area contributed by atoms with E-state index < -0.39 is 41.8 Å². The van der Waals surface area contributed by atoms with E-state index in [1.165, 1.54) is 18.2 Å². The number of ether oxygens (including phenoxy) is 1. The molecule has 3 amide bonds. The van der Waals surface area contributed by atoms with E-state index in [0.29, 0.717) is 5.56 Å². The summed E-state index contributed by atoms with van der Waals surface area (Å²) in [5.74, 6) is -3.11. The van der Waals surface area contributed by atoms with Crippen LogP contribution in [0.25, 0.3) is 0 Å². The summed E-state index contributed by atoms with van der Waals surface area (Å²) in [6, 6.07) is 4.19. The number of carbonyl (C=O) groups excluding carboxylic acids is 4. The van der Waals surface area contributed by atoms with E-state index in [4.69, 9.17) is 4.74 Å². The van der Waals surface area contributed by atoms with E-state index in [9.17, 15) is 29.3 Å². The van der Waals surface area contributed by atoms with Gasteiger partial charge in [0.15, 0.2) is 6.61 Å². The van der Waals surface area contributed by atoms with Gasteiger partial charge in [0.25, 0.3) is 11.6 Å². The van der Waals surface area contributed by atoms with Gasteiger partial charge in [-0.3, -0.25) is 34.2 Å². The number of halogens is 2. The number of aryl methyl sites for hydroxylation is 1. The normalized spacial score (nSPS) is 30.4. The van der Waals surface area contributed by atoms with Crippen molar-refractivity contribution < 1.29 is 28.8 Å². The second kappa shape index (κ2) is 8.54. The van der Waals surface area contributed by atoms with Crippen LogP contribution in [0.15, 0.2) is 18.2 Å². The smallest absolute Gasteiger partial charge is 0.326 e. The first kappa shape index (κ1) is 22.8. The lowest BCUT2D eigenvalue weighted by atomic mass is 9.81. The SMILES string of the molecule is Cc1ccc(NC(=O)COC(=O)CN2C(=O)[C@@H]3[C@H]4C[C@@H]([C@H](Br)[C@@H]4Br)[C@@H]3C2=O)cc1[N+](=O)[O-]. The molecule has 170 valence electrons. The molecule has 4 rings (SSSR count). The van der Waals surface area contributed by atoms with Gasteiger partial charge in [-0.2, -0.15) is 0 Å². The molecular weight excluding hydrogens is 554 g/mol. The minimum absolute atomic E-state index is 0.0381. The van der Waals surface area contributed by atoms with Crippen molar-refractivity contribution in [2.75, 3.05) is 18.5 Å². The number of amides is 3. The molecule has 32 heavy (non-hydrogen) atoms. The fourth-order valence-corrected chi connectivity index (χ4v) is 6.84. The van der Waals surface area contributed by atoms with Gasteiger partial charge in [-0.05, 0) is 31.2 Å². The quantitative estimate of drug-likeness (QED) is 0.181. The van der Waals surface area contributed by atoms with E-state index in [-0.39, 0.29) is 44.7 Å². The number of anilines is 1. The van der Waals surface area contributed by atoms with Gasteiger partial charge < -0.3 is 10.1 Å². The first-order valence-electron chi connectivity index (χ1n) is 9.94. The molecule has 1 aliphatic heterocycles. The lowest BCUT2D eigenvalue weighted by Crippen LogP contribution is -2.38. The molecule has 2 saturated carbocycles. The third kappa shape index (κ3) is 3.83. The van der Waals surface area contributed by atoms with Crippen molar-refractivity contribution in [2.24, 2.45) is 23.7 Å². The summed E-state index contributed by atoms with van der Waals surface area (Å²) in [5.41, 5.74) is 0.474. The summed E-state index contributed by atoms with van der Waals surface area (Å²) in [5, 5.41) is 13.4. The fourth-order valence-electron chi connectivity index (χ4n) is 4.97. The zero-order chi connectivity index (χ0) is 23.3. The Morgan fingerprint density at radius 1 is 1.19 bits per heavy atom. The summed E-state index contributed by atoms with van der Waals surface area (Å²) >= 11 is 7.19. The molecule has 0 radical (unpaired) electrons. The van der Waals surface area contributed by atoms with E-state index >= 15 is 0 Å². The summed E-state index contributed by atoms with van der Waals surface area (Å²) in [4.78, 5) is 61.4. The summed E-state index contributed by atoms with van der Waals surface area (Å²) in [7, 11) is 0. The van der Waals surface area contributed by atoms with Crippen LogP contribution in [0, 0.1) is 40.7 Å². The summed E-state index contributed by atoms with van der Waals surface area (Å²) in [6.45, 7) is 0.372. The molecule has 0 unspecified atom stereocenters. The van der Waals surface area contributed by atoms with Crippen molar-refractivity contribution in [1.29, 1.82) is 0 Å². The van der Waals surface area contributed by atoms with Gasteiger partial charge in [0.05, 0.1) is 16.8 Å². The zero-order valence-electron chi connectivity index (χ0n) is 16.8. The highest BCUT2D eigenvalue weighted by Gasteiger charge is 2.66. The number of nitro groups is 1. The molecule has 6 atom stereocenters. The third-order valence-electron chi connectivity index (χ3n) is 6.42. The second-order valence-corrected chi connectivity index (χ2v) is 10.3. The molecule has 1 N–H and O–H groups in total. The highest BCUT2D eigenvalue weighted by atomic mass is 79.9. The maximum Gasteiger partial charge on any atom is 0.326 e. The number of rotatable bonds is 6. The van der Waals surface area contributed by atoms with Gasteiger partial charge in [0.2, 0.25) is 11.8 Å². The van der Waals surface area contributed by atoms with Crippen LogP contribution >= 0.6 is 31.9 Å². The minimum atomic E-state index is -0.880. The van der Waals surface area contributed by atoms with Gasteiger partial charge in [-0.15, -0.1) is 0 Å². The van der Waals surface area contributed by atoms with Gasteiger partial charge in [-0.1, -0.05) is 37.9 Å². The van der Waals surface area contributed by atoms with Crippen molar-refractivity contribution in [3.05, 3.63) is 33.9 Å². The van der Waals surface area contributed by atoms with E-state index in [2.05, 4.69) is 37.2 Å². The van der Waals surface area contributed by atoms with Gasteiger partial charge in [0, 0.05) is 27.0 Å². The molecule has 3 aliphatic rings. The van der Waals surface area contributed by atoms with Crippen LogP contribution in [0.4, 0.5) is 11.4 Å². The predicted molar refractivity (Wildman–Crippen MR) is 118 cm³/mol. The number of fused-ring (bicyclic) bond motifs is 5. The number of nitro benzene ring substituents is 1. The Balaban J connectivity index is 1.32. The number of hydrogen-bond donors (Lipinski definition) is 1. The van der Waals surface area contributed by atoms with Crippen LogP contribution in [-0.4, -0.2) is 56.3 Å². The Labute approximate surface area is 199 Å². The van der Waals surface area contributed by atoms with E-state index in [1.807, 2.05) is 0 Å². The number of alkyl halides is 2. The van der Waals surface area contributed by atoms with Crippen molar-refractivity contribution >= 4 is 66.9 Å². The maximum atomic E-state index is 12.8. The van der Waals surface area contributed by atoms with Crippen molar-refractivity contribution in [2.45, 2.75) is 23.0 Å². The van der Waals surface area contributed by atoms with Crippen LogP contribution in [-0.2, 0) is 23.9 Å². The highest BCUT2D eigenvalue weighted by molar-refractivity contribution is 9.12. The Morgan fingerprint density at radius 2 is 1.78 bits per heavy atom. The first-order chi connectivity index (χ1) is 15.1. The van der Waals surface area contributed by atoms with Crippen LogP contribution in [0.1, 0.15) is 12.0 Å². The molecule has 0 aromatic heterocycles. The van der Waals surface area contributed by atoms with E-state index in [0.717, 1.165) is 11.3 Å². The number of nitrogens with zero attached hydrogens (tertiary/aromatic N) is 2. The molecule has 2 aliphatic carbocycles. The number of esters is 1. The molecule has 10 nitrogen and oxygen atoms in total. The standard InChI is InChI=1S/C20H19Br2N3O7/c1-8-2-3-9(4-12(8)25(30)31)23-13(26)7-32-14(27)6-24-19(28)15-10-5-11(16(15)20(24)29)18(22)17(10)21/h2-4,10-11,15-18H,5-7H2,1H3,(H,23,26)/t10-,11-,15-,16+,17-,18+/m1/s1. The number of imide groups is 1. The molecule has 1 heterocycles. The maximum absolute atomic E-state index is 12.8. The van der Waals surface area contributed by atoms with Gasteiger partial charge >= 0.3 is 5.97 Å². The summed E-state index contributed by atoms with van der Waals surface area (Å²) < 4.78 is 4.92. The van der Waals surface area contributed by atoms with Gasteiger partial charge in [-0.25, -0.2) is 0 Å². The fraction of sp³-hybridized carbons (Fsp3) is 0.500. The lowest BCUT2D eigenvalue weighted by Gasteiger charge is -2.28. The number of hydrogen-bond acceptors (Lipinski definition) is 7. The minimum Gasteiger partial charge on any atom is -0.454 e. The predicted octanol–water partition coefficient (Wildman–Crippen LogP) is 2.16. The largest absolute Gasteiger partial charge is 0.454 e. The Hall–Kier alpha value is -2.34. The Bertz CT molecular complexity index is 1000. The second-order valence-electron chi connectivity index (χ2n) is 8.23. The topological polar surface area (TPSA) is 136 Å².